The number of amides is 2. The second-order valence-electron chi connectivity index (χ2n) is 9.48. The highest BCUT2D eigenvalue weighted by atomic mass is 16.5. The van der Waals surface area contributed by atoms with E-state index in [1.807, 2.05) is 48.5 Å². The predicted molar refractivity (Wildman–Crippen MR) is 119 cm³/mol. The van der Waals surface area contributed by atoms with E-state index in [9.17, 15) is 9.59 Å². The van der Waals surface area contributed by atoms with E-state index >= 15 is 0 Å². The zero-order chi connectivity index (χ0) is 21.6. The smallest absolute Gasteiger partial charge is 0.255 e. The zero-order valence-electron chi connectivity index (χ0n) is 18.0. The lowest BCUT2D eigenvalue weighted by atomic mass is 9.51. The van der Waals surface area contributed by atoms with Crippen LogP contribution in [0.25, 0.3) is 0 Å². The molecule has 6 heteroatoms. The molecule has 3 aliphatic carbocycles. The molecule has 2 amide bonds. The average Bonchev–Trinajstić information content (AvgIpc) is 2.77. The van der Waals surface area contributed by atoms with E-state index < -0.39 is 5.66 Å². The van der Waals surface area contributed by atoms with E-state index in [1.54, 1.807) is 7.11 Å². The number of nitrogens with one attached hydrogen (secondary N) is 3. The van der Waals surface area contributed by atoms with Crippen molar-refractivity contribution in [2.45, 2.75) is 44.8 Å². The second-order valence-corrected chi connectivity index (χ2v) is 9.48. The van der Waals surface area contributed by atoms with E-state index in [-0.39, 0.29) is 29.1 Å². The Kier molecular flexibility index (Phi) is 4.68. The number of para-hydroxylation sites is 2. The Morgan fingerprint density at radius 3 is 2.74 bits per heavy atom. The van der Waals surface area contributed by atoms with Crippen LogP contribution in [0.5, 0.6) is 5.75 Å². The number of carbonyl (C=O) groups excluding carboxylic acids is 2. The summed E-state index contributed by atoms with van der Waals surface area (Å²) in [6.07, 6.45) is 3.51. The highest BCUT2D eigenvalue weighted by Gasteiger charge is 2.60. The molecule has 0 aromatic heterocycles. The first-order chi connectivity index (χ1) is 14.9. The molecule has 6 rings (SSSR count). The summed E-state index contributed by atoms with van der Waals surface area (Å²) in [5.74, 6) is 1.00. The number of rotatable bonds is 4. The van der Waals surface area contributed by atoms with E-state index in [4.69, 9.17) is 4.74 Å². The zero-order valence-corrected chi connectivity index (χ0v) is 18.0. The van der Waals surface area contributed by atoms with Crippen LogP contribution in [0.15, 0.2) is 48.5 Å². The average molecular weight is 420 g/mol. The highest BCUT2D eigenvalue weighted by molar-refractivity contribution is 6.02. The molecule has 0 unspecified atom stereocenters. The molecule has 1 aliphatic heterocycles. The van der Waals surface area contributed by atoms with Crippen LogP contribution >= 0.6 is 0 Å². The van der Waals surface area contributed by atoms with Gasteiger partial charge in [0.25, 0.3) is 5.91 Å². The van der Waals surface area contributed by atoms with Crippen molar-refractivity contribution in [3.05, 3.63) is 59.7 Å². The van der Waals surface area contributed by atoms with Gasteiger partial charge >= 0.3 is 0 Å². The van der Waals surface area contributed by atoms with Crippen LogP contribution in [-0.4, -0.2) is 24.6 Å². The van der Waals surface area contributed by atoms with Crippen molar-refractivity contribution in [1.29, 1.82) is 0 Å². The number of carbonyl (C=O) groups is 2. The third kappa shape index (κ3) is 3.25. The lowest BCUT2D eigenvalue weighted by Crippen LogP contribution is -2.70. The lowest BCUT2D eigenvalue weighted by Gasteiger charge is -2.60. The summed E-state index contributed by atoms with van der Waals surface area (Å²) in [7, 11) is 1.64. The topological polar surface area (TPSA) is 79.5 Å². The Morgan fingerprint density at radius 2 is 1.94 bits per heavy atom. The van der Waals surface area contributed by atoms with Gasteiger partial charge in [-0.25, -0.2) is 0 Å². The van der Waals surface area contributed by atoms with Crippen LogP contribution < -0.4 is 20.7 Å². The van der Waals surface area contributed by atoms with Crippen molar-refractivity contribution in [3.63, 3.8) is 0 Å². The minimum atomic E-state index is -0.474. The van der Waals surface area contributed by atoms with Gasteiger partial charge in [-0.15, -0.1) is 0 Å². The van der Waals surface area contributed by atoms with Gasteiger partial charge < -0.3 is 20.7 Å². The van der Waals surface area contributed by atoms with Crippen LogP contribution in [0.4, 0.5) is 5.69 Å². The third-order valence-corrected chi connectivity index (χ3v) is 7.63. The number of ether oxygens (including phenoxy) is 1. The van der Waals surface area contributed by atoms with E-state index in [1.165, 1.54) is 0 Å². The quantitative estimate of drug-likeness (QED) is 0.706. The maximum atomic E-state index is 13.2. The van der Waals surface area contributed by atoms with Crippen LogP contribution in [0, 0.1) is 17.3 Å². The molecule has 4 atom stereocenters. The van der Waals surface area contributed by atoms with E-state index in [2.05, 4.69) is 22.9 Å². The largest absolute Gasteiger partial charge is 0.496 e. The molecule has 0 radical (unpaired) electrons. The molecular weight excluding hydrogens is 390 g/mol. The third-order valence-electron chi connectivity index (χ3n) is 7.63. The summed E-state index contributed by atoms with van der Waals surface area (Å²) in [5.41, 5.74) is 1.90. The molecule has 3 saturated carbocycles. The Labute approximate surface area is 182 Å². The molecule has 4 aliphatic rings. The minimum Gasteiger partial charge on any atom is -0.496 e. The normalized spacial score (nSPS) is 30.8. The summed E-state index contributed by atoms with van der Waals surface area (Å²) in [4.78, 5) is 26.1. The van der Waals surface area contributed by atoms with Crippen molar-refractivity contribution in [3.8, 4) is 5.75 Å². The van der Waals surface area contributed by atoms with Gasteiger partial charge in [0.15, 0.2) is 0 Å². The fourth-order valence-corrected chi connectivity index (χ4v) is 6.01. The summed E-state index contributed by atoms with van der Waals surface area (Å²) >= 11 is 0. The Hall–Kier alpha value is -3.02. The first kappa shape index (κ1) is 19.9. The van der Waals surface area contributed by atoms with Gasteiger partial charge in [0.2, 0.25) is 5.91 Å². The first-order valence-electron chi connectivity index (χ1n) is 11.0. The molecule has 162 valence electrons. The van der Waals surface area contributed by atoms with Crippen LogP contribution in [0.3, 0.4) is 0 Å². The van der Waals surface area contributed by atoms with Crippen molar-refractivity contribution in [2.24, 2.45) is 17.3 Å². The summed E-state index contributed by atoms with van der Waals surface area (Å²) in [6, 6.07) is 15.4. The van der Waals surface area contributed by atoms with Gasteiger partial charge in [-0.2, -0.15) is 0 Å². The number of hydrogen-bond donors (Lipinski definition) is 3. The Balaban J connectivity index is 1.34. The van der Waals surface area contributed by atoms with Crippen molar-refractivity contribution in [1.82, 2.24) is 10.6 Å². The fourth-order valence-electron chi connectivity index (χ4n) is 6.01. The van der Waals surface area contributed by atoms with Gasteiger partial charge in [-0.3, -0.25) is 9.59 Å². The van der Waals surface area contributed by atoms with Crippen molar-refractivity contribution in [2.75, 3.05) is 12.4 Å². The lowest BCUT2D eigenvalue weighted by molar-refractivity contribution is -0.139. The molecule has 31 heavy (non-hydrogen) atoms. The number of fused-ring (bicyclic) bond motifs is 3. The molecule has 2 aromatic rings. The fraction of sp³-hybridized carbons (Fsp3) is 0.440. The van der Waals surface area contributed by atoms with Crippen molar-refractivity contribution < 1.29 is 14.3 Å². The van der Waals surface area contributed by atoms with Crippen LogP contribution in [-0.2, 0) is 11.3 Å². The van der Waals surface area contributed by atoms with Gasteiger partial charge in [-0.05, 0) is 49.3 Å². The molecular formula is C25H29N3O3. The molecule has 0 saturated heterocycles. The van der Waals surface area contributed by atoms with E-state index in [0.29, 0.717) is 12.1 Å². The summed E-state index contributed by atoms with van der Waals surface area (Å²) < 4.78 is 5.41. The molecule has 3 N–H and O–H groups in total. The maximum Gasteiger partial charge on any atom is 0.255 e. The molecule has 2 bridgehead atoms. The number of methoxy groups -OCH3 is 1. The minimum absolute atomic E-state index is 0.0253. The van der Waals surface area contributed by atoms with Crippen molar-refractivity contribution >= 4 is 17.5 Å². The van der Waals surface area contributed by atoms with Gasteiger partial charge in [0.05, 0.1) is 12.7 Å². The van der Waals surface area contributed by atoms with Crippen LogP contribution in [0.2, 0.25) is 0 Å². The number of benzene rings is 2. The number of hydrogen-bond acceptors (Lipinski definition) is 4. The first-order valence-corrected chi connectivity index (χ1v) is 11.0. The Bertz CT molecular complexity index is 1040. The standard InChI is InChI=1S/C25H29N3O3/c1-24-12-11-17(25(15-24)27-20-9-5-4-8-18(20)22(29)28-25)13-19(24)23(30)26-14-16-7-3-6-10-21(16)31-2/h3-10,17,19,27H,11-15H2,1-2H3,(H,26,30)(H,28,29)/t17-,19+,24+,25-/m1/s1. The summed E-state index contributed by atoms with van der Waals surface area (Å²) in [6.45, 7) is 2.65. The van der Waals surface area contributed by atoms with Gasteiger partial charge in [0, 0.05) is 29.6 Å². The predicted octanol–water partition coefficient (Wildman–Crippen LogP) is 3.69. The summed E-state index contributed by atoms with van der Waals surface area (Å²) in [5, 5.41) is 10.1. The SMILES string of the molecule is COc1ccccc1CNC(=O)[C@@H]1C[C@H]2CC[C@@]1(C)C[C@@]21NC(=O)c2ccccc2N1. The molecule has 3 fully saturated rings. The maximum absolute atomic E-state index is 13.2. The molecule has 2 aromatic carbocycles. The van der Waals surface area contributed by atoms with Crippen LogP contribution in [0.1, 0.15) is 48.5 Å². The van der Waals surface area contributed by atoms with Gasteiger partial charge in [-0.1, -0.05) is 37.3 Å². The van der Waals surface area contributed by atoms with E-state index in [0.717, 1.165) is 42.7 Å². The molecule has 1 spiro atoms. The monoisotopic (exact) mass is 419 g/mol. The highest BCUT2D eigenvalue weighted by Crippen LogP contribution is 2.58. The number of anilines is 1. The molecule has 1 heterocycles. The Morgan fingerprint density at radius 1 is 1.16 bits per heavy atom. The molecule has 6 nitrogen and oxygen atoms in total. The van der Waals surface area contributed by atoms with Gasteiger partial charge in [0.1, 0.15) is 11.4 Å². The second kappa shape index (κ2) is 7.29.